The van der Waals surface area contributed by atoms with E-state index in [9.17, 15) is 0 Å². The second-order valence-electron chi connectivity index (χ2n) is 4.50. The van der Waals surface area contributed by atoms with Crippen LogP contribution in [0.5, 0.6) is 5.75 Å². The summed E-state index contributed by atoms with van der Waals surface area (Å²) >= 11 is 6.98. The van der Waals surface area contributed by atoms with E-state index in [0.29, 0.717) is 12.6 Å². The fourth-order valence-electron chi connectivity index (χ4n) is 1.91. The van der Waals surface area contributed by atoms with E-state index in [4.69, 9.17) is 4.74 Å². The van der Waals surface area contributed by atoms with Crippen LogP contribution in [0.25, 0.3) is 0 Å². The predicted molar refractivity (Wildman–Crippen MR) is 90.2 cm³/mol. The molecule has 0 aliphatic rings. The van der Waals surface area contributed by atoms with E-state index in [2.05, 4.69) is 62.3 Å². The van der Waals surface area contributed by atoms with Gasteiger partial charge in [-0.1, -0.05) is 50.1 Å². The Morgan fingerprint density at radius 3 is 2.45 bits per heavy atom. The molecule has 2 nitrogen and oxygen atoms in total. The van der Waals surface area contributed by atoms with E-state index in [1.54, 1.807) is 0 Å². The monoisotopic (exact) mass is 397 g/mol. The quantitative estimate of drug-likeness (QED) is 0.695. The lowest BCUT2D eigenvalue weighted by atomic mass is 10.1. The number of halogens is 2. The average molecular weight is 399 g/mol. The Balaban J connectivity index is 1.76. The molecule has 0 radical (unpaired) electrons. The van der Waals surface area contributed by atoms with Gasteiger partial charge >= 0.3 is 0 Å². The van der Waals surface area contributed by atoms with Gasteiger partial charge in [0.05, 0.1) is 0 Å². The van der Waals surface area contributed by atoms with Gasteiger partial charge in [-0.15, -0.1) is 0 Å². The Labute approximate surface area is 136 Å². The van der Waals surface area contributed by atoms with Gasteiger partial charge in [0.1, 0.15) is 12.4 Å². The van der Waals surface area contributed by atoms with Crippen LogP contribution >= 0.6 is 31.9 Å². The van der Waals surface area contributed by atoms with Crippen LogP contribution < -0.4 is 10.1 Å². The molecule has 2 rings (SSSR count). The normalized spacial score (nSPS) is 12.2. The van der Waals surface area contributed by atoms with Crippen LogP contribution in [-0.4, -0.2) is 13.2 Å². The third kappa shape index (κ3) is 4.62. The van der Waals surface area contributed by atoms with Crippen LogP contribution in [-0.2, 0) is 0 Å². The SMILES string of the molecule is C[C@H](NCCOc1ccc(Br)cc1)c1ccccc1Br. The molecule has 1 N–H and O–H groups in total. The van der Waals surface area contributed by atoms with Crippen LogP contribution in [0.2, 0.25) is 0 Å². The van der Waals surface area contributed by atoms with Crippen molar-refractivity contribution < 1.29 is 4.74 Å². The van der Waals surface area contributed by atoms with Gasteiger partial charge < -0.3 is 10.1 Å². The summed E-state index contributed by atoms with van der Waals surface area (Å²) in [6, 6.07) is 16.4. The van der Waals surface area contributed by atoms with Gasteiger partial charge in [-0.2, -0.15) is 0 Å². The lowest BCUT2D eigenvalue weighted by Gasteiger charge is -2.16. The Morgan fingerprint density at radius 1 is 1.05 bits per heavy atom. The number of rotatable bonds is 6. The maximum Gasteiger partial charge on any atom is 0.119 e. The minimum atomic E-state index is 0.291. The summed E-state index contributed by atoms with van der Waals surface area (Å²) in [6.07, 6.45) is 0. The van der Waals surface area contributed by atoms with E-state index >= 15 is 0 Å². The second kappa shape index (κ2) is 7.81. The lowest BCUT2D eigenvalue weighted by molar-refractivity contribution is 0.307. The molecule has 2 aromatic carbocycles. The number of ether oxygens (including phenoxy) is 1. The van der Waals surface area contributed by atoms with Gasteiger partial charge in [0, 0.05) is 21.5 Å². The first-order chi connectivity index (χ1) is 9.66. The summed E-state index contributed by atoms with van der Waals surface area (Å²) < 4.78 is 7.88. The Hall–Kier alpha value is -0.840. The summed E-state index contributed by atoms with van der Waals surface area (Å²) in [5.74, 6) is 0.892. The third-order valence-electron chi connectivity index (χ3n) is 3.01. The van der Waals surface area contributed by atoms with Gasteiger partial charge in [0.2, 0.25) is 0 Å². The molecule has 0 aromatic heterocycles. The van der Waals surface area contributed by atoms with E-state index in [0.717, 1.165) is 21.2 Å². The van der Waals surface area contributed by atoms with Gasteiger partial charge in [0.25, 0.3) is 0 Å². The highest BCUT2D eigenvalue weighted by Crippen LogP contribution is 2.22. The topological polar surface area (TPSA) is 21.3 Å². The molecule has 20 heavy (non-hydrogen) atoms. The van der Waals surface area contributed by atoms with E-state index in [1.165, 1.54) is 5.56 Å². The summed E-state index contributed by atoms with van der Waals surface area (Å²) in [4.78, 5) is 0. The Kier molecular flexibility index (Phi) is 6.07. The molecule has 0 amide bonds. The molecule has 0 fully saturated rings. The van der Waals surface area contributed by atoms with Gasteiger partial charge in [0.15, 0.2) is 0 Å². The first-order valence-corrected chi connectivity index (χ1v) is 8.11. The molecule has 106 valence electrons. The first kappa shape index (κ1) is 15.5. The van der Waals surface area contributed by atoms with Crippen LogP contribution in [0.15, 0.2) is 57.5 Å². The molecule has 0 aliphatic carbocycles. The van der Waals surface area contributed by atoms with Crippen molar-refractivity contribution in [3.63, 3.8) is 0 Å². The first-order valence-electron chi connectivity index (χ1n) is 6.53. The zero-order chi connectivity index (χ0) is 14.4. The summed E-state index contributed by atoms with van der Waals surface area (Å²) in [7, 11) is 0. The average Bonchev–Trinajstić information content (AvgIpc) is 2.46. The third-order valence-corrected chi connectivity index (χ3v) is 4.26. The second-order valence-corrected chi connectivity index (χ2v) is 6.27. The Morgan fingerprint density at radius 2 is 1.75 bits per heavy atom. The molecule has 4 heteroatoms. The van der Waals surface area contributed by atoms with Gasteiger partial charge in [-0.3, -0.25) is 0 Å². The molecule has 1 atom stereocenters. The number of nitrogens with one attached hydrogen (secondary N) is 1. The summed E-state index contributed by atoms with van der Waals surface area (Å²) in [6.45, 7) is 3.61. The molecule has 0 saturated carbocycles. The lowest BCUT2D eigenvalue weighted by Crippen LogP contribution is -2.24. The maximum absolute atomic E-state index is 5.68. The van der Waals surface area contributed by atoms with Crippen molar-refractivity contribution in [1.82, 2.24) is 5.32 Å². The van der Waals surface area contributed by atoms with Crippen LogP contribution in [0, 0.1) is 0 Å². The van der Waals surface area contributed by atoms with Crippen molar-refractivity contribution in [2.45, 2.75) is 13.0 Å². The molecular formula is C16H17Br2NO. The molecular weight excluding hydrogens is 382 g/mol. The predicted octanol–water partition coefficient (Wildman–Crippen LogP) is 4.94. The van der Waals surface area contributed by atoms with Crippen molar-refractivity contribution in [2.24, 2.45) is 0 Å². The zero-order valence-corrected chi connectivity index (χ0v) is 14.4. The fourth-order valence-corrected chi connectivity index (χ4v) is 2.80. The molecule has 0 bridgehead atoms. The van der Waals surface area contributed by atoms with Crippen LogP contribution in [0.3, 0.4) is 0 Å². The van der Waals surface area contributed by atoms with Crippen LogP contribution in [0.4, 0.5) is 0 Å². The highest BCUT2D eigenvalue weighted by Gasteiger charge is 2.07. The minimum Gasteiger partial charge on any atom is -0.492 e. The van der Waals surface area contributed by atoms with Crippen molar-refractivity contribution in [3.05, 3.63) is 63.0 Å². The van der Waals surface area contributed by atoms with Gasteiger partial charge in [-0.05, 0) is 42.8 Å². The number of hydrogen-bond acceptors (Lipinski definition) is 2. The fraction of sp³-hybridized carbons (Fsp3) is 0.250. The van der Waals surface area contributed by atoms with Crippen molar-refractivity contribution in [3.8, 4) is 5.75 Å². The van der Waals surface area contributed by atoms with E-state index < -0.39 is 0 Å². The maximum atomic E-state index is 5.68. The number of benzene rings is 2. The molecule has 0 saturated heterocycles. The van der Waals surface area contributed by atoms with Crippen molar-refractivity contribution in [2.75, 3.05) is 13.2 Å². The van der Waals surface area contributed by atoms with Crippen molar-refractivity contribution in [1.29, 1.82) is 0 Å². The van der Waals surface area contributed by atoms with E-state index in [1.807, 2.05) is 30.3 Å². The largest absolute Gasteiger partial charge is 0.492 e. The van der Waals surface area contributed by atoms with Crippen LogP contribution in [0.1, 0.15) is 18.5 Å². The highest BCUT2D eigenvalue weighted by atomic mass is 79.9. The number of hydrogen-bond donors (Lipinski definition) is 1. The van der Waals surface area contributed by atoms with Gasteiger partial charge in [-0.25, -0.2) is 0 Å². The smallest absolute Gasteiger partial charge is 0.119 e. The zero-order valence-electron chi connectivity index (χ0n) is 11.3. The standard InChI is InChI=1S/C16H17Br2NO/c1-12(15-4-2-3-5-16(15)18)19-10-11-20-14-8-6-13(17)7-9-14/h2-9,12,19H,10-11H2,1H3/t12-/m0/s1. The molecule has 2 aromatic rings. The van der Waals surface area contributed by atoms with Crippen molar-refractivity contribution >= 4 is 31.9 Å². The molecule has 0 spiro atoms. The minimum absolute atomic E-state index is 0.291. The summed E-state index contributed by atoms with van der Waals surface area (Å²) in [5.41, 5.74) is 1.26. The Bertz CT molecular complexity index is 542. The van der Waals surface area contributed by atoms with E-state index in [-0.39, 0.29) is 0 Å². The molecule has 0 heterocycles. The highest BCUT2D eigenvalue weighted by molar-refractivity contribution is 9.10. The molecule has 0 aliphatic heterocycles. The summed E-state index contributed by atoms with van der Waals surface area (Å²) in [5, 5.41) is 3.46. The molecule has 0 unspecified atom stereocenters.